The van der Waals surface area contributed by atoms with Gasteiger partial charge in [-0.1, -0.05) is 43.7 Å². The molecular weight excluding hydrogens is 488 g/mol. The number of hydrogen-bond donors (Lipinski definition) is 2. The van der Waals surface area contributed by atoms with Crippen molar-refractivity contribution in [2.75, 3.05) is 24.1 Å². The van der Waals surface area contributed by atoms with Gasteiger partial charge in [-0.3, -0.25) is 9.59 Å². The van der Waals surface area contributed by atoms with Gasteiger partial charge < -0.3 is 20.5 Å². The van der Waals surface area contributed by atoms with Gasteiger partial charge in [0.1, 0.15) is 17.8 Å². The second-order valence-electron chi connectivity index (χ2n) is 11.0. The first-order valence-electron chi connectivity index (χ1n) is 13.3. The summed E-state index contributed by atoms with van der Waals surface area (Å²) in [6, 6.07) is 15.4. The predicted octanol–water partition coefficient (Wildman–Crippen LogP) is 5.42. The summed E-state index contributed by atoms with van der Waals surface area (Å²) in [7, 11) is 1.95. The molecule has 1 aliphatic carbocycles. The number of carbonyl (C=O) groups excluding carboxylic acids is 2. The van der Waals surface area contributed by atoms with Gasteiger partial charge in [-0.15, -0.1) is 0 Å². The van der Waals surface area contributed by atoms with Gasteiger partial charge in [-0.05, 0) is 55.2 Å². The number of aryl methyl sites for hydroxylation is 1. The molecule has 1 spiro atoms. The molecule has 6 rings (SSSR count). The van der Waals surface area contributed by atoms with Crippen LogP contribution >= 0.6 is 0 Å². The van der Waals surface area contributed by atoms with E-state index in [-0.39, 0.29) is 11.8 Å². The van der Waals surface area contributed by atoms with E-state index >= 15 is 0 Å². The lowest BCUT2D eigenvalue weighted by molar-refractivity contribution is -0.112. The molecule has 1 saturated carbocycles. The number of nitrogens with zero attached hydrogens (tertiary/aromatic N) is 4. The quantitative estimate of drug-likeness (QED) is 0.342. The second kappa shape index (κ2) is 9.38. The first-order valence-corrected chi connectivity index (χ1v) is 13.3. The normalized spacial score (nSPS) is 15.9. The van der Waals surface area contributed by atoms with Crippen molar-refractivity contribution in [1.82, 2.24) is 19.4 Å². The van der Waals surface area contributed by atoms with Gasteiger partial charge in [-0.25, -0.2) is 9.97 Å². The molecule has 2 amide bonds. The number of fused-ring (bicyclic) bond motifs is 1. The molecule has 39 heavy (non-hydrogen) atoms. The minimum atomic E-state index is -0.220. The highest BCUT2D eigenvalue weighted by Crippen LogP contribution is 2.46. The van der Waals surface area contributed by atoms with Crippen LogP contribution in [0.25, 0.3) is 33.4 Å². The Morgan fingerprint density at radius 3 is 2.26 bits per heavy atom. The van der Waals surface area contributed by atoms with Crippen molar-refractivity contribution >= 4 is 34.4 Å². The molecule has 1 saturated heterocycles. The molecule has 2 aromatic carbocycles. The van der Waals surface area contributed by atoms with E-state index in [0.29, 0.717) is 28.1 Å². The van der Waals surface area contributed by atoms with Crippen LogP contribution in [0.3, 0.4) is 0 Å². The molecule has 1 aliphatic heterocycles. The summed E-state index contributed by atoms with van der Waals surface area (Å²) >= 11 is 0. The number of benzene rings is 2. The Bertz CT molecular complexity index is 1600. The number of amides is 2. The smallest absolute Gasteiger partial charge is 0.253 e. The number of nitrogens with one attached hydrogen (secondary N) is 1. The average Bonchev–Trinajstić information content (AvgIpc) is 3.52. The van der Waals surface area contributed by atoms with E-state index in [9.17, 15) is 9.59 Å². The van der Waals surface area contributed by atoms with Crippen LogP contribution < -0.4 is 11.1 Å². The molecule has 3 heterocycles. The van der Waals surface area contributed by atoms with Crippen LogP contribution in [0.15, 0.2) is 67.0 Å². The summed E-state index contributed by atoms with van der Waals surface area (Å²) in [6.45, 7) is 7.11. The van der Waals surface area contributed by atoms with E-state index in [4.69, 9.17) is 5.73 Å². The fourth-order valence-corrected chi connectivity index (χ4v) is 6.15. The van der Waals surface area contributed by atoms with Gasteiger partial charge in [0.2, 0.25) is 0 Å². The summed E-state index contributed by atoms with van der Waals surface area (Å²) < 4.78 is 2.00. The van der Waals surface area contributed by atoms with Crippen LogP contribution in [-0.2, 0) is 11.8 Å². The van der Waals surface area contributed by atoms with E-state index < -0.39 is 0 Å². The zero-order chi connectivity index (χ0) is 27.3. The molecule has 2 aliphatic rings. The largest absolute Gasteiger partial charge is 0.383 e. The maximum absolute atomic E-state index is 13.2. The minimum Gasteiger partial charge on any atom is -0.383 e. The van der Waals surface area contributed by atoms with E-state index in [2.05, 4.69) is 21.9 Å². The molecule has 0 bridgehead atoms. The number of likely N-dealkylation sites (tertiary alicyclic amines) is 1. The van der Waals surface area contributed by atoms with Crippen molar-refractivity contribution in [3.8, 4) is 22.4 Å². The molecule has 4 aromatic rings. The summed E-state index contributed by atoms with van der Waals surface area (Å²) in [5, 5.41) is 3.61. The highest BCUT2D eigenvalue weighted by molar-refractivity contribution is 6.08. The molecule has 0 radical (unpaired) electrons. The molecule has 2 aromatic heterocycles. The SMILES string of the molecule is C=C(C)C(=O)Nc1ccc(-c2c(-c3ccc(C(=O)N4CC5(CCCC5)C4)cc3)c3c(N)ncnc3n2C)cc1. The third-order valence-corrected chi connectivity index (χ3v) is 8.22. The Morgan fingerprint density at radius 1 is 0.974 bits per heavy atom. The van der Waals surface area contributed by atoms with E-state index in [1.807, 2.05) is 65.0 Å². The lowest BCUT2D eigenvalue weighted by Crippen LogP contribution is -2.57. The maximum Gasteiger partial charge on any atom is 0.253 e. The topological polar surface area (TPSA) is 106 Å². The Labute approximate surface area is 227 Å². The van der Waals surface area contributed by atoms with Crippen molar-refractivity contribution in [2.24, 2.45) is 12.5 Å². The van der Waals surface area contributed by atoms with Crippen molar-refractivity contribution in [3.05, 3.63) is 72.6 Å². The average molecular weight is 521 g/mol. The second-order valence-corrected chi connectivity index (χ2v) is 11.0. The summed E-state index contributed by atoms with van der Waals surface area (Å²) in [5.74, 6) is 0.264. The number of anilines is 2. The van der Waals surface area contributed by atoms with Crippen LogP contribution in [-0.4, -0.2) is 44.3 Å². The fraction of sp³-hybridized carbons (Fsp3) is 0.290. The Hall–Kier alpha value is -4.46. The third kappa shape index (κ3) is 4.26. The number of aromatic nitrogens is 3. The van der Waals surface area contributed by atoms with E-state index in [0.717, 1.165) is 46.5 Å². The predicted molar refractivity (Wildman–Crippen MR) is 154 cm³/mol. The summed E-state index contributed by atoms with van der Waals surface area (Å²) in [6.07, 6.45) is 6.51. The summed E-state index contributed by atoms with van der Waals surface area (Å²) in [5.41, 5.74) is 12.9. The molecule has 198 valence electrons. The van der Waals surface area contributed by atoms with Crippen LogP contribution in [0.4, 0.5) is 11.5 Å². The molecule has 0 unspecified atom stereocenters. The zero-order valence-electron chi connectivity index (χ0n) is 22.3. The molecule has 8 nitrogen and oxygen atoms in total. The lowest BCUT2D eigenvalue weighted by Gasteiger charge is -2.48. The Balaban J connectivity index is 1.35. The molecule has 0 atom stereocenters. The zero-order valence-corrected chi connectivity index (χ0v) is 22.3. The molecular formula is C31H32N6O2. The lowest BCUT2D eigenvalue weighted by atomic mass is 9.78. The van der Waals surface area contributed by atoms with Crippen LogP contribution in [0.5, 0.6) is 0 Å². The van der Waals surface area contributed by atoms with Crippen molar-refractivity contribution in [2.45, 2.75) is 32.6 Å². The van der Waals surface area contributed by atoms with Gasteiger partial charge in [0.05, 0.1) is 11.1 Å². The highest BCUT2D eigenvalue weighted by Gasteiger charge is 2.46. The van der Waals surface area contributed by atoms with E-state index in [1.54, 1.807) is 6.92 Å². The molecule has 8 heteroatoms. The summed E-state index contributed by atoms with van der Waals surface area (Å²) in [4.78, 5) is 36.0. The van der Waals surface area contributed by atoms with Gasteiger partial charge in [0.15, 0.2) is 0 Å². The first-order chi connectivity index (χ1) is 18.8. The number of nitrogens with two attached hydrogens (primary N) is 1. The molecule has 2 fully saturated rings. The van der Waals surface area contributed by atoms with Crippen LogP contribution in [0, 0.1) is 5.41 Å². The molecule has 3 N–H and O–H groups in total. The van der Waals surface area contributed by atoms with Gasteiger partial charge in [-0.2, -0.15) is 0 Å². The number of carbonyl (C=O) groups is 2. The number of rotatable bonds is 5. The minimum absolute atomic E-state index is 0.0902. The maximum atomic E-state index is 13.2. The monoisotopic (exact) mass is 520 g/mol. The Kier molecular flexibility index (Phi) is 5.98. The highest BCUT2D eigenvalue weighted by atomic mass is 16.2. The third-order valence-electron chi connectivity index (χ3n) is 8.22. The fourth-order valence-electron chi connectivity index (χ4n) is 6.15. The van der Waals surface area contributed by atoms with Crippen molar-refractivity contribution in [3.63, 3.8) is 0 Å². The van der Waals surface area contributed by atoms with Gasteiger partial charge in [0, 0.05) is 47.9 Å². The standard InChI is InChI=1S/C31H32N6O2/c1-19(2)29(38)35-23-12-10-21(11-13-23)26-24(25-27(32)33-18-34-28(25)36(26)3)20-6-8-22(9-7-20)30(39)37-16-31(17-37)14-4-5-15-31/h6-13,18H,1,4-5,14-17H2,2-3H3,(H,35,38)(H2,32,33,34). The van der Waals surface area contributed by atoms with Gasteiger partial charge >= 0.3 is 0 Å². The van der Waals surface area contributed by atoms with Crippen molar-refractivity contribution in [1.29, 1.82) is 0 Å². The first kappa shape index (κ1) is 24.9. The number of nitrogen functional groups attached to an aromatic ring is 1. The number of hydrogen-bond acceptors (Lipinski definition) is 5. The van der Waals surface area contributed by atoms with Gasteiger partial charge in [0.25, 0.3) is 11.8 Å². The van der Waals surface area contributed by atoms with Crippen LogP contribution in [0.1, 0.15) is 43.0 Å². The Morgan fingerprint density at radius 2 is 1.62 bits per heavy atom. The van der Waals surface area contributed by atoms with Crippen molar-refractivity contribution < 1.29 is 9.59 Å². The van der Waals surface area contributed by atoms with Crippen LogP contribution in [0.2, 0.25) is 0 Å². The van der Waals surface area contributed by atoms with E-state index in [1.165, 1.54) is 32.0 Å².